The SMILES string of the molecule is O=C(CCC=CCCC1C(=O)CC(OC2CCCCO2)C1OCC(COc1ccccc1)OC1CCCCO1)Oc1ccccc1. The number of ketones is 1. The summed E-state index contributed by atoms with van der Waals surface area (Å²) >= 11 is 0. The van der Waals surface area contributed by atoms with E-state index in [1.54, 1.807) is 12.1 Å². The summed E-state index contributed by atoms with van der Waals surface area (Å²) in [6.07, 6.45) is 10.4. The van der Waals surface area contributed by atoms with Crippen molar-refractivity contribution in [2.75, 3.05) is 26.4 Å². The van der Waals surface area contributed by atoms with Gasteiger partial charge in [0.15, 0.2) is 12.6 Å². The molecule has 2 saturated heterocycles. The molecule has 6 unspecified atom stereocenters. The molecule has 0 spiro atoms. The number of carbonyl (C=O) groups is 2. The molecule has 2 aliphatic heterocycles. The number of hydrogen-bond donors (Lipinski definition) is 0. The molecule has 0 bridgehead atoms. The van der Waals surface area contributed by atoms with Crippen LogP contribution in [0.3, 0.4) is 0 Å². The average Bonchev–Trinajstić information content (AvgIpc) is 3.38. The minimum atomic E-state index is -0.428. The molecule has 3 aliphatic rings. The van der Waals surface area contributed by atoms with Crippen molar-refractivity contribution in [1.29, 1.82) is 0 Å². The Balaban J connectivity index is 1.16. The molecule has 5 rings (SSSR count). The van der Waals surface area contributed by atoms with Crippen LogP contribution in [-0.4, -0.2) is 69.1 Å². The number of rotatable bonds is 17. The lowest BCUT2D eigenvalue weighted by molar-refractivity contribution is -0.226. The van der Waals surface area contributed by atoms with E-state index in [-0.39, 0.29) is 55.5 Å². The van der Waals surface area contributed by atoms with Crippen LogP contribution in [0.5, 0.6) is 11.5 Å². The minimum absolute atomic E-state index is 0.138. The quantitative estimate of drug-likeness (QED) is 0.108. The molecular formula is C37H48O9. The number of carbonyl (C=O) groups excluding carboxylic acids is 2. The van der Waals surface area contributed by atoms with Gasteiger partial charge in [0, 0.05) is 32.0 Å². The van der Waals surface area contributed by atoms with Crippen LogP contribution in [0.4, 0.5) is 0 Å². The van der Waals surface area contributed by atoms with E-state index in [9.17, 15) is 9.59 Å². The van der Waals surface area contributed by atoms with Crippen molar-refractivity contribution < 1.29 is 42.7 Å². The summed E-state index contributed by atoms with van der Waals surface area (Å²) in [4.78, 5) is 25.5. The molecule has 0 N–H and O–H groups in total. The van der Waals surface area contributed by atoms with Crippen LogP contribution in [-0.2, 0) is 33.3 Å². The third-order valence-electron chi connectivity index (χ3n) is 8.48. The summed E-state index contributed by atoms with van der Waals surface area (Å²) in [5.41, 5.74) is 0. The van der Waals surface area contributed by atoms with E-state index >= 15 is 0 Å². The van der Waals surface area contributed by atoms with Crippen LogP contribution in [0.2, 0.25) is 0 Å². The first-order chi connectivity index (χ1) is 22.6. The van der Waals surface area contributed by atoms with E-state index in [0.717, 1.165) is 44.3 Å². The van der Waals surface area contributed by atoms with Gasteiger partial charge in [0.05, 0.1) is 18.8 Å². The van der Waals surface area contributed by atoms with Crippen molar-refractivity contribution in [3.8, 4) is 11.5 Å². The Morgan fingerprint density at radius 1 is 0.826 bits per heavy atom. The molecule has 1 aliphatic carbocycles. The number of ether oxygens (including phenoxy) is 7. The summed E-state index contributed by atoms with van der Waals surface area (Å²) in [7, 11) is 0. The van der Waals surface area contributed by atoms with E-state index in [2.05, 4.69) is 0 Å². The van der Waals surface area contributed by atoms with Gasteiger partial charge in [0.1, 0.15) is 30.0 Å². The predicted octanol–water partition coefficient (Wildman–Crippen LogP) is 6.59. The Morgan fingerprint density at radius 2 is 1.50 bits per heavy atom. The van der Waals surface area contributed by atoms with Crippen molar-refractivity contribution >= 4 is 11.8 Å². The lowest BCUT2D eigenvalue weighted by Gasteiger charge is -2.32. The fourth-order valence-corrected chi connectivity index (χ4v) is 6.06. The van der Waals surface area contributed by atoms with E-state index in [1.807, 2.05) is 60.7 Å². The fourth-order valence-electron chi connectivity index (χ4n) is 6.06. The highest BCUT2D eigenvalue weighted by atomic mass is 16.7. The minimum Gasteiger partial charge on any atom is -0.491 e. The van der Waals surface area contributed by atoms with Crippen LogP contribution in [0.1, 0.15) is 70.6 Å². The first-order valence-corrected chi connectivity index (χ1v) is 16.9. The zero-order chi connectivity index (χ0) is 31.8. The van der Waals surface area contributed by atoms with E-state index in [1.165, 1.54) is 0 Å². The lowest BCUT2D eigenvalue weighted by Crippen LogP contribution is -2.40. The highest BCUT2D eigenvalue weighted by Crippen LogP contribution is 2.34. The average molecular weight is 637 g/mol. The standard InChI is InChI=1S/C37H48O9/c38-32-25-33(46-36-22-12-14-24-41-36)37(31(32)19-9-1-2-10-20-34(39)44-29-17-7-4-8-18-29)43-27-30(45-35-21-11-13-23-40-35)26-42-28-15-5-3-6-16-28/h1-8,15-18,30-31,33,35-37H,9-14,19-27H2. The third-order valence-corrected chi connectivity index (χ3v) is 8.48. The molecule has 9 nitrogen and oxygen atoms in total. The Hall–Kier alpha value is -3.08. The fraction of sp³-hybridized carbons (Fsp3) is 0.568. The molecule has 3 fully saturated rings. The summed E-state index contributed by atoms with van der Waals surface area (Å²) in [5, 5.41) is 0. The molecule has 9 heteroatoms. The van der Waals surface area contributed by atoms with Gasteiger partial charge in [-0.2, -0.15) is 0 Å². The van der Waals surface area contributed by atoms with Crippen molar-refractivity contribution in [3.05, 3.63) is 72.8 Å². The van der Waals surface area contributed by atoms with Gasteiger partial charge in [-0.15, -0.1) is 0 Å². The molecule has 46 heavy (non-hydrogen) atoms. The lowest BCUT2D eigenvalue weighted by atomic mass is 9.97. The maximum Gasteiger partial charge on any atom is 0.311 e. The molecule has 0 aromatic heterocycles. The Bertz CT molecular complexity index is 1190. The summed E-state index contributed by atoms with van der Waals surface area (Å²) in [6, 6.07) is 18.7. The van der Waals surface area contributed by atoms with Crippen molar-refractivity contribution in [2.24, 2.45) is 5.92 Å². The number of hydrogen-bond acceptors (Lipinski definition) is 9. The van der Waals surface area contributed by atoms with Crippen LogP contribution in [0.15, 0.2) is 72.8 Å². The van der Waals surface area contributed by atoms with Gasteiger partial charge in [-0.1, -0.05) is 48.6 Å². The molecule has 6 atom stereocenters. The maximum absolute atomic E-state index is 13.3. The molecule has 0 radical (unpaired) electrons. The second-order valence-electron chi connectivity index (χ2n) is 12.1. The molecule has 2 aromatic carbocycles. The van der Waals surface area contributed by atoms with Crippen LogP contribution >= 0.6 is 0 Å². The number of allylic oxidation sites excluding steroid dienone is 2. The smallest absolute Gasteiger partial charge is 0.311 e. The van der Waals surface area contributed by atoms with Gasteiger partial charge in [-0.3, -0.25) is 9.59 Å². The predicted molar refractivity (Wildman–Crippen MR) is 171 cm³/mol. The molecular weight excluding hydrogens is 588 g/mol. The summed E-state index contributed by atoms with van der Waals surface area (Å²) in [6.45, 7) is 1.88. The zero-order valence-electron chi connectivity index (χ0n) is 26.7. The van der Waals surface area contributed by atoms with Crippen LogP contribution < -0.4 is 9.47 Å². The van der Waals surface area contributed by atoms with Gasteiger partial charge >= 0.3 is 5.97 Å². The topological polar surface area (TPSA) is 98.8 Å². The van der Waals surface area contributed by atoms with Crippen molar-refractivity contribution in [3.63, 3.8) is 0 Å². The van der Waals surface area contributed by atoms with Crippen LogP contribution in [0, 0.1) is 5.92 Å². The molecule has 1 saturated carbocycles. The van der Waals surface area contributed by atoms with Gasteiger partial charge < -0.3 is 33.2 Å². The third kappa shape index (κ3) is 11.3. The molecule has 250 valence electrons. The Kier molecular flexibility index (Phi) is 14.1. The normalized spacial score (nSPS) is 25.8. The second-order valence-corrected chi connectivity index (χ2v) is 12.1. The highest BCUT2D eigenvalue weighted by Gasteiger charge is 2.45. The van der Waals surface area contributed by atoms with Gasteiger partial charge in [-0.05, 0) is 82.1 Å². The van der Waals surface area contributed by atoms with E-state index in [4.69, 9.17) is 33.2 Å². The summed E-state index contributed by atoms with van der Waals surface area (Å²) < 4.78 is 42.4. The van der Waals surface area contributed by atoms with Gasteiger partial charge in [0.25, 0.3) is 0 Å². The highest BCUT2D eigenvalue weighted by molar-refractivity contribution is 5.84. The number of benzene rings is 2. The Labute approximate surface area is 272 Å². The number of esters is 1. The van der Waals surface area contributed by atoms with Gasteiger partial charge in [-0.25, -0.2) is 0 Å². The van der Waals surface area contributed by atoms with Crippen molar-refractivity contribution in [1.82, 2.24) is 0 Å². The first kappa shape index (κ1) is 34.3. The van der Waals surface area contributed by atoms with E-state index < -0.39 is 6.10 Å². The molecule has 2 heterocycles. The Morgan fingerprint density at radius 3 is 2.20 bits per heavy atom. The zero-order valence-corrected chi connectivity index (χ0v) is 26.7. The van der Waals surface area contributed by atoms with Crippen molar-refractivity contribution in [2.45, 2.75) is 102 Å². The summed E-state index contributed by atoms with van der Waals surface area (Å²) in [5.74, 6) is 0.850. The molecule has 2 aromatic rings. The number of Topliss-reactive ketones (excluding diaryl/α,β-unsaturated/α-hetero) is 1. The van der Waals surface area contributed by atoms with E-state index in [0.29, 0.717) is 51.3 Å². The number of para-hydroxylation sites is 2. The second kappa shape index (κ2) is 18.9. The monoisotopic (exact) mass is 636 g/mol. The van der Waals surface area contributed by atoms with Gasteiger partial charge in [0.2, 0.25) is 0 Å². The molecule has 0 amide bonds. The maximum atomic E-state index is 13.3. The van der Waals surface area contributed by atoms with Crippen LogP contribution in [0.25, 0.3) is 0 Å². The largest absolute Gasteiger partial charge is 0.491 e. The first-order valence-electron chi connectivity index (χ1n) is 16.9.